The summed E-state index contributed by atoms with van der Waals surface area (Å²) in [7, 11) is 0. The van der Waals surface area contributed by atoms with Crippen LogP contribution in [0.4, 0.5) is 0 Å². The summed E-state index contributed by atoms with van der Waals surface area (Å²) in [4.78, 5) is 23.1. The first-order chi connectivity index (χ1) is 8.49. The third-order valence-corrected chi connectivity index (χ3v) is 2.84. The maximum atomic E-state index is 12.0. The summed E-state index contributed by atoms with van der Waals surface area (Å²) >= 11 is 0. The fourth-order valence-electron chi connectivity index (χ4n) is 1.94. The molecule has 0 aliphatic rings. The van der Waals surface area contributed by atoms with Gasteiger partial charge in [-0.2, -0.15) is 5.26 Å². The molecule has 0 aliphatic heterocycles. The van der Waals surface area contributed by atoms with Gasteiger partial charge in [0.25, 0.3) is 5.56 Å². The molecule has 0 aromatic carbocycles. The van der Waals surface area contributed by atoms with E-state index < -0.39 is 11.5 Å². The molecule has 1 aromatic rings. The van der Waals surface area contributed by atoms with Gasteiger partial charge in [0, 0.05) is 18.7 Å². The molecule has 5 nitrogen and oxygen atoms in total. The Kier molecular flexibility index (Phi) is 4.67. The highest BCUT2D eigenvalue weighted by Gasteiger charge is 2.15. The molecule has 0 spiro atoms. The number of carbonyl (C=O) groups is 1. The van der Waals surface area contributed by atoms with Gasteiger partial charge in [-0.15, -0.1) is 0 Å². The molecule has 1 heterocycles. The first kappa shape index (κ1) is 14.0. The van der Waals surface area contributed by atoms with Crippen molar-refractivity contribution < 1.29 is 9.90 Å². The molecule has 1 rings (SSSR count). The molecular formula is C13H16N2O3. The Hall–Kier alpha value is -2.09. The second-order valence-corrected chi connectivity index (χ2v) is 4.22. The van der Waals surface area contributed by atoms with E-state index in [0.29, 0.717) is 31.4 Å². The van der Waals surface area contributed by atoms with Gasteiger partial charge in [-0.25, -0.2) is 4.79 Å². The van der Waals surface area contributed by atoms with E-state index in [0.717, 1.165) is 5.69 Å². The minimum absolute atomic E-state index is 0.166. The Morgan fingerprint density at radius 2 is 2.11 bits per heavy atom. The van der Waals surface area contributed by atoms with Crippen molar-refractivity contribution in [1.82, 2.24) is 4.57 Å². The molecule has 0 saturated carbocycles. The number of hydrogen-bond acceptors (Lipinski definition) is 3. The van der Waals surface area contributed by atoms with Gasteiger partial charge in [-0.05, 0) is 38.3 Å². The topological polar surface area (TPSA) is 83.1 Å². The minimum atomic E-state index is -1.19. The molecule has 0 saturated heterocycles. The fraction of sp³-hybridized carbons (Fsp3) is 0.462. The molecule has 1 N–H and O–H groups in total. The Bertz CT molecular complexity index is 553. The molecule has 1 aromatic heterocycles. The van der Waals surface area contributed by atoms with E-state index in [1.807, 2.05) is 6.07 Å². The molecule has 0 bridgehead atoms. The van der Waals surface area contributed by atoms with Crippen molar-refractivity contribution in [3.05, 3.63) is 33.2 Å². The standard InChI is InChI=1S/C13H16N2O3/c1-9-8-10(2)15(7-5-3-4-6-14)12(16)11(9)13(17)18/h8H,3-5,7H2,1-2H3,(H,17,18). The van der Waals surface area contributed by atoms with E-state index in [2.05, 4.69) is 0 Å². The number of aromatic carboxylic acids is 1. The molecule has 0 radical (unpaired) electrons. The zero-order valence-electron chi connectivity index (χ0n) is 10.6. The van der Waals surface area contributed by atoms with Gasteiger partial charge in [0.05, 0.1) is 6.07 Å². The molecule has 0 atom stereocenters. The predicted octanol–water partition coefficient (Wildman–Crippen LogP) is 1.86. The second-order valence-electron chi connectivity index (χ2n) is 4.22. The van der Waals surface area contributed by atoms with Crippen molar-refractivity contribution in [2.24, 2.45) is 0 Å². The quantitative estimate of drug-likeness (QED) is 0.806. The number of unbranched alkanes of at least 4 members (excludes halogenated alkanes) is 2. The van der Waals surface area contributed by atoms with Crippen LogP contribution < -0.4 is 5.56 Å². The zero-order valence-corrected chi connectivity index (χ0v) is 10.6. The number of carboxylic acid groups (broad SMARTS) is 1. The normalized spacial score (nSPS) is 10.1. The van der Waals surface area contributed by atoms with Gasteiger partial charge in [0.1, 0.15) is 5.56 Å². The highest BCUT2D eigenvalue weighted by molar-refractivity contribution is 5.88. The third-order valence-electron chi connectivity index (χ3n) is 2.84. The van der Waals surface area contributed by atoms with Crippen LogP contribution >= 0.6 is 0 Å². The lowest BCUT2D eigenvalue weighted by atomic mass is 10.1. The second kappa shape index (κ2) is 6.01. The number of aryl methyl sites for hydroxylation is 2. The van der Waals surface area contributed by atoms with Crippen LogP contribution in [-0.2, 0) is 6.54 Å². The van der Waals surface area contributed by atoms with Gasteiger partial charge in [-0.3, -0.25) is 4.79 Å². The molecule has 0 amide bonds. The smallest absolute Gasteiger partial charge is 0.341 e. The molecule has 0 fully saturated rings. The highest BCUT2D eigenvalue weighted by atomic mass is 16.4. The average molecular weight is 248 g/mol. The van der Waals surface area contributed by atoms with Crippen molar-refractivity contribution >= 4 is 5.97 Å². The Morgan fingerprint density at radius 1 is 1.44 bits per heavy atom. The van der Waals surface area contributed by atoms with Gasteiger partial charge in [0.2, 0.25) is 0 Å². The minimum Gasteiger partial charge on any atom is -0.477 e. The van der Waals surface area contributed by atoms with Crippen LogP contribution in [0.3, 0.4) is 0 Å². The fourth-order valence-corrected chi connectivity index (χ4v) is 1.94. The largest absolute Gasteiger partial charge is 0.477 e. The van der Waals surface area contributed by atoms with Crippen molar-refractivity contribution in [3.8, 4) is 6.07 Å². The van der Waals surface area contributed by atoms with Crippen LogP contribution in [0.5, 0.6) is 0 Å². The summed E-state index contributed by atoms with van der Waals surface area (Å²) in [6.07, 6.45) is 1.85. The van der Waals surface area contributed by atoms with Crippen molar-refractivity contribution in [2.75, 3.05) is 0 Å². The number of rotatable bonds is 5. The molecule has 18 heavy (non-hydrogen) atoms. The molecule has 96 valence electrons. The van der Waals surface area contributed by atoms with Crippen LogP contribution in [0.25, 0.3) is 0 Å². The van der Waals surface area contributed by atoms with E-state index in [1.165, 1.54) is 4.57 Å². The van der Waals surface area contributed by atoms with Crippen LogP contribution in [0.2, 0.25) is 0 Å². The van der Waals surface area contributed by atoms with Gasteiger partial charge >= 0.3 is 5.97 Å². The van der Waals surface area contributed by atoms with Crippen LogP contribution in [0.1, 0.15) is 40.9 Å². The molecule has 0 unspecified atom stereocenters. The number of hydrogen-bond donors (Lipinski definition) is 1. The summed E-state index contributed by atoms with van der Waals surface area (Å²) in [5.41, 5.74) is 0.607. The number of nitrogens with zero attached hydrogens (tertiary/aromatic N) is 2. The van der Waals surface area contributed by atoms with Crippen LogP contribution in [0.15, 0.2) is 10.9 Å². The average Bonchev–Trinajstić information content (AvgIpc) is 2.26. The maximum absolute atomic E-state index is 12.0. The summed E-state index contributed by atoms with van der Waals surface area (Å²) in [5.74, 6) is -1.19. The van der Waals surface area contributed by atoms with Gasteiger partial charge < -0.3 is 9.67 Å². The number of nitriles is 1. The van der Waals surface area contributed by atoms with Crippen LogP contribution in [-0.4, -0.2) is 15.6 Å². The predicted molar refractivity (Wildman–Crippen MR) is 66.6 cm³/mol. The van der Waals surface area contributed by atoms with Crippen LogP contribution in [0, 0.1) is 25.2 Å². The highest BCUT2D eigenvalue weighted by Crippen LogP contribution is 2.08. The summed E-state index contributed by atoms with van der Waals surface area (Å²) in [6.45, 7) is 3.86. The Morgan fingerprint density at radius 3 is 2.67 bits per heavy atom. The molecule has 0 aliphatic carbocycles. The molecular weight excluding hydrogens is 232 g/mol. The summed E-state index contributed by atoms with van der Waals surface area (Å²) < 4.78 is 1.47. The number of pyridine rings is 1. The van der Waals surface area contributed by atoms with E-state index in [9.17, 15) is 9.59 Å². The lowest BCUT2D eigenvalue weighted by Crippen LogP contribution is -2.29. The monoisotopic (exact) mass is 248 g/mol. The molecule has 5 heteroatoms. The van der Waals surface area contributed by atoms with E-state index >= 15 is 0 Å². The third kappa shape index (κ3) is 2.98. The van der Waals surface area contributed by atoms with Gasteiger partial charge in [0.15, 0.2) is 0 Å². The number of aromatic nitrogens is 1. The van der Waals surface area contributed by atoms with Crippen molar-refractivity contribution in [2.45, 2.75) is 39.7 Å². The van der Waals surface area contributed by atoms with Crippen molar-refractivity contribution in [3.63, 3.8) is 0 Å². The van der Waals surface area contributed by atoms with E-state index in [-0.39, 0.29) is 5.56 Å². The van der Waals surface area contributed by atoms with E-state index in [1.54, 1.807) is 19.9 Å². The summed E-state index contributed by atoms with van der Waals surface area (Å²) in [5, 5.41) is 17.4. The first-order valence-electron chi connectivity index (χ1n) is 5.80. The SMILES string of the molecule is Cc1cc(C)n(CCCCC#N)c(=O)c1C(=O)O. The zero-order chi connectivity index (χ0) is 13.7. The number of carboxylic acids is 1. The van der Waals surface area contributed by atoms with Crippen molar-refractivity contribution in [1.29, 1.82) is 5.26 Å². The lowest BCUT2D eigenvalue weighted by molar-refractivity contribution is 0.0693. The maximum Gasteiger partial charge on any atom is 0.341 e. The Balaban J connectivity index is 3.05. The Labute approximate surface area is 105 Å². The lowest BCUT2D eigenvalue weighted by Gasteiger charge is -2.12. The van der Waals surface area contributed by atoms with Gasteiger partial charge in [-0.1, -0.05) is 0 Å². The van der Waals surface area contributed by atoms with E-state index in [4.69, 9.17) is 10.4 Å². The summed E-state index contributed by atoms with van der Waals surface area (Å²) in [6, 6.07) is 3.74. The first-order valence-corrected chi connectivity index (χ1v) is 5.80.